The molecule has 0 atom stereocenters. The maximum absolute atomic E-state index is 11.7. The van der Waals surface area contributed by atoms with E-state index in [1.165, 1.54) is 18.4 Å². The Balaban J connectivity index is 2.17. The van der Waals surface area contributed by atoms with Crippen LogP contribution in [0.1, 0.15) is 17.5 Å². The molecule has 21 heavy (non-hydrogen) atoms. The molecule has 0 aliphatic heterocycles. The van der Waals surface area contributed by atoms with Crippen molar-refractivity contribution in [3.63, 3.8) is 0 Å². The van der Waals surface area contributed by atoms with Crippen molar-refractivity contribution >= 4 is 17.4 Å². The van der Waals surface area contributed by atoms with Gasteiger partial charge < -0.3 is 9.15 Å². The molecule has 2 rings (SSSR count). The largest absolute Gasteiger partial charge is 0.473 e. The Kier molecular flexibility index (Phi) is 4.29. The molecule has 0 saturated heterocycles. The van der Waals surface area contributed by atoms with Gasteiger partial charge in [-0.2, -0.15) is 4.98 Å². The quantitative estimate of drug-likeness (QED) is 0.598. The summed E-state index contributed by atoms with van der Waals surface area (Å²) >= 11 is 0. The molecular formula is C11H11N5O5. The molecule has 0 bridgehead atoms. The zero-order chi connectivity index (χ0) is 15.2. The van der Waals surface area contributed by atoms with Gasteiger partial charge in [0, 0.05) is 0 Å². The van der Waals surface area contributed by atoms with Crippen LogP contribution in [0.2, 0.25) is 0 Å². The summed E-state index contributed by atoms with van der Waals surface area (Å²) in [6.45, 7) is 1.87. The highest BCUT2D eigenvalue weighted by atomic mass is 16.6. The highest BCUT2D eigenvalue weighted by Gasteiger charge is 2.24. The third-order valence-electron chi connectivity index (χ3n) is 2.29. The lowest BCUT2D eigenvalue weighted by molar-refractivity contribution is -0.385. The molecule has 2 aromatic rings. The predicted molar refractivity (Wildman–Crippen MR) is 69.7 cm³/mol. The summed E-state index contributed by atoms with van der Waals surface area (Å²) in [7, 11) is 0. The number of carbonyl (C=O) groups excluding carboxylic acids is 1. The standard InChI is InChI=1S/C11H11N5O5/c1-2-20-11-8(16(18)19)9(12-6-13-11)14-15-10(17)7-4-3-5-21-7/h3-6H,2H2,1H3,(H,15,17)(H,12,13,14). The fourth-order valence-electron chi connectivity index (χ4n) is 1.45. The van der Waals surface area contributed by atoms with Gasteiger partial charge in [0.25, 0.3) is 5.88 Å². The van der Waals surface area contributed by atoms with Gasteiger partial charge in [-0.25, -0.2) is 4.98 Å². The first-order chi connectivity index (χ1) is 10.1. The van der Waals surface area contributed by atoms with Crippen LogP contribution in [0.4, 0.5) is 11.5 Å². The van der Waals surface area contributed by atoms with Crippen molar-refractivity contribution in [2.75, 3.05) is 12.0 Å². The van der Waals surface area contributed by atoms with E-state index in [9.17, 15) is 14.9 Å². The van der Waals surface area contributed by atoms with Crippen LogP contribution < -0.4 is 15.6 Å². The van der Waals surface area contributed by atoms with Gasteiger partial charge in [-0.1, -0.05) is 0 Å². The molecule has 0 radical (unpaired) electrons. The first-order valence-electron chi connectivity index (χ1n) is 5.85. The Morgan fingerprint density at radius 1 is 1.52 bits per heavy atom. The third kappa shape index (κ3) is 3.23. The summed E-state index contributed by atoms with van der Waals surface area (Å²) in [6, 6.07) is 2.98. The molecule has 0 unspecified atom stereocenters. The normalized spacial score (nSPS) is 9.95. The van der Waals surface area contributed by atoms with Gasteiger partial charge in [-0.3, -0.25) is 25.8 Å². The third-order valence-corrected chi connectivity index (χ3v) is 2.29. The van der Waals surface area contributed by atoms with Crippen molar-refractivity contribution in [1.82, 2.24) is 15.4 Å². The van der Waals surface area contributed by atoms with Gasteiger partial charge in [0.1, 0.15) is 6.33 Å². The van der Waals surface area contributed by atoms with E-state index in [1.54, 1.807) is 6.92 Å². The number of ether oxygens (including phenoxy) is 1. The second kappa shape index (κ2) is 6.32. The molecule has 10 heteroatoms. The second-order valence-corrected chi connectivity index (χ2v) is 3.62. The SMILES string of the molecule is CCOc1ncnc(NNC(=O)c2ccco2)c1[N+](=O)[O-]. The van der Waals surface area contributed by atoms with E-state index in [1.807, 2.05) is 0 Å². The van der Waals surface area contributed by atoms with Crippen LogP contribution in [0.15, 0.2) is 29.1 Å². The van der Waals surface area contributed by atoms with Gasteiger partial charge in [0.05, 0.1) is 17.8 Å². The van der Waals surface area contributed by atoms with Gasteiger partial charge in [0.2, 0.25) is 5.82 Å². The number of anilines is 1. The van der Waals surface area contributed by atoms with Crippen molar-refractivity contribution in [2.45, 2.75) is 6.92 Å². The second-order valence-electron chi connectivity index (χ2n) is 3.62. The van der Waals surface area contributed by atoms with Crippen molar-refractivity contribution in [2.24, 2.45) is 0 Å². The van der Waals surface area contributed by atoms with E-state index < -0.39 is 16.5 Å². The van der Waals surface area contributed by atoms with Crippen LogP contribution in [-0.2, 0) is 0 Å². The average molecular weight is 293 g/mol. The molecule has 0 spiro atoms. The van der Waals surface area contributed by atoms with E-state index in [0.29, 0.717) is 0 Å². The minimum atomic E-state index is -0.702. The number of amides is 1. The van der Waals surface area contributed by atoms with E-state index in [-0.39, 0.29) is 24.1 Å². The lowest BCUT2D eigenvalue weighted by Gasteiger charge is -2.08. The van der Waals surface area contributed by atoms with Crippen LogP contribution in [0.3, 0.4) is 0 Å². The van der Waals surface area contributed by atoms with E-state index in [0.717, 1.165) is 6.33 Å². The summed E-state index contributed by atoms with van der Waals surface area (Å²) in [5, 5.41) is 11.1. The molecular weight excluding hydrogens is 282 g/mol. The fourth-order valence-corrected chi connectivity index (χ4v) is 1.45. The summed E-state index contributed by atoms with van der Waals surface area (Å²) in [5.41, 5.74) is 4.11. The molecule has 2 aromatic heterocycles. The van der Waals surface area contributed by atoms with Gasteiger partial charge in [0.15, 0.2) is 5.76 Å². The molecule has 2 N–H and O–H groups in total. The monoisotopic (exact) mass is 293 g/mol. The predicted octanol–water partition coefficient (Wildman–Crippen LogP) is 1.13. The Bertz CT molecular complexity index is 642. The number of nitro groups is 1. The zero-order valence-corrected chi connectivity index (χ0v) is 10.9. The number of furan rings is 1. The van der Waals surface area contributed by atoms with Crippen LogP contribution >= 0.6 is 0 Å². The molecule has 110 valence electrons. The highest BCUT2D eigenvalue weighted by Crippen LogP contribution is 2.30. The number of rotatable bonds is 6. The molecule has 0 saturated carbocycles. The maximum atomic E-state index is 11.7. The summed E-state index contributed by atoms with van der Waals surface area (Å²) in [4.78, 5) is 29.4. The lowest BCUT2D eigenvalue weighted by atomic mass is 10.4. The smallest absolute Gasteiger partial charge is 0.374 e. The molecule has 0 fully saturated rings. The summed E-state index contributed by atoms with van der Waals surface area (Å²) in [6.07, 6.45) is 2.41. The highest BCUT2D eigenvalue weighted by molar-refractivity contribution is 5.92. The van der Waals surface area contributed by atoms with Crippen LogP contribution in [0, 0.1) is 10.1 Å². The number of aromatic nitrogens is 2. The van der Waals surface area contributed by atoms with Crippen LogP contribution in [0.25, 0.3) is 0 Å². The van der Waals surface area contributed by atoms with E-state index >= 15 is 0 Å². The summed E-state index contributed by atoms with van der Waals surface area (Å²) in [5.74, 6) is -0.944. The Labute approximate surface area is 118 Å². The maximum Gasteiger partial charge on any atom is 0.374 e. The van der Waals surface area contributed by atoms with Crippen molar-refractivity contribution in [1.29, 1.82) is 0 Å². The van der Waals surface area contributed by atoms with Crippen LogP contribution in [0.5, 0.6) is 5.88 Å². The van der Waals surface area contributed by atoms with E-state index in [4.69, 9.17) is 9.15 Å². The summed E-state index contributed by atoms with van der Waals surface area (Å²) < 4.78 is 9.93. The fraction of sp³-hybridized carbons (Fsp3) is 0.182. The molecule has 10 nitrogen and oxygen atoms in total. The topological polar surface area (TPSA) is 132 Å². The van der Waals surface area contributed by atoms with E-state index in [2.05, 4.69) is 20.8 Å². The Hall–Kier alpha value is -3.17. The minimum absolute atomic E-state index is 0.0456. The minimum Gasteiger partial charge on any atom is -0.473 e. The number of nitrogens with one attached hydrogen (secondary N) is 2. The molecule has 0 aliphatic rings. The number of hydrazine groups is 1. The number of nitrogens with zero attached hydrogens (tertiary/aromatic N) is 3. The molecule has 0 aliphatic carbocycles. The zero-order valence-electron chi connectivity index (χ0n) is 10.9. The number of carbonyl (C=O) groups is 1. The van der Waals surface area contributed by atoms with Crippen molar-refractivity contribution in [3.05, 3.63) is 40.6 Å². The molecule has 0 aromatic carbocycles. The van der Waals surface area contributed by atoms with Crippen LogP contribution in [-0.4, -0.2) is 27.4 Å². The first kappa shape index (κ1) is 14.2. The van der Waals surface area contributed by atoms with Crippen molar-refractivity contribution < 1.29 is 18.9 Å². The van der Waals surface area contributed by atoms with Gasteiger partial charge >= 0.3 is 11.6 Å². The van der Waals surface area contributed by atoms with Gasteiger partial charge in [-0.15, -0.1) is 0 Å². The average Bonchev–Trinajstić information content (AvgIpc) is 2.99. The number of hydrogen-bond acceptors (Lipinski definition) is 8. The Morgan fingerprint density at radius 3 is 2.95 bits per heavy atom. The number of hydrogen-bond donors (Lipinski definition) is 2. The van der Waals surface area contributed by atoms with Crippen molar-refractivity contribution in [3.8, 4) is 5.88 Å². The lowest BCUT2D eigenvalue weighted by Crippen LogP contribution is -2.30. The Morgan fingerprint density at radius 2 is 2.33 bits per heavy atom. The first-order valence-corrected chi connectivity index (χ1v) is 5.85. The molecule has 1 amide bonds. The molecule has 2 heterocycles. The van der Waals surface area contributed by atoms with Gasteiger partial charge in [-0.05, 0) is 19.1 Å².